The number of aliphatic hydroxyl groups is 1. The van der Waals surface area contributed by atoms with Crippen molar-refractivity contribution in [1.82, 2.24) is 0 Å². The Balaban J connectivity index is 1.53. The Labute approximate surface area is 114 Å². The van der Waals surface area contributed by atoms with Crippen molar-refractivity contribution in [2.24, 2.45) is 35.5 Å². The largest absolute Gasteiger partial charge is 0.459 e. The molecule has 0 radical (unpaired) electrons. The highest BCUT2D eigenvalue weighted by Gasteiger charge is 2.65. The van der Waals surface area contributed by atoms with Crippen LogP contribution in [0.5, 0.6) is 0 Å². The highest BCUT2D eigenvalue weighted by molar-refractivity contribution is 5.87. The van der Waals surface area contributed by atoms with E-state index in [9.17, 15) is 9.90 Å². The van der Waals surface area contributed by atoms with Gasteiger partial charge in [-0.2, -0.15) is 0 Å². The van der Waals surface area contributed by atoms with Gasteiger partial charge in [-0.05, 0) is 68.1 Å². The van der Waals surface area contributed by atoms with Gasteiger partial charge in [0.25, 0.3) is 0 Å². The molecular weight excluding hydrogens is 240 g/mol. The summed E-state index contributed by atoms with van der Waals surface area (Å²) in [5.74, 6) is 3.67. The predicted molar refractivity (Wildman–Crippen MR) is 70.1 cm³/mol. The lowest BCUT2D eigenvalue weighted by atomic mass is 9.69. The number of esters is 1. The minimum Gasteiger partial charge on any atom is -0.459 e. The number of ether oxygens (including phenoxy) is 1. The van der Waals surface area contributed by atoms with Crippen LogP contribution in [0.15, 0.2) is 12.2 Å². The SMILES string of the molecule is C=C(C)C(=O)OC1CC2CC1C1C3CC(CC3O)C21. The summed E-state index contributed by atoms with van der Waals surface area (Å²) in [5, 5.41) is 10.1. The zero-order valence-electron chi connectivity index (χ0n) is 11.4. The van der Waals surface area contributed by atoms with Crippen LogP contribution in [-0.4, -0.2) is 23.3 Å². The highest BCUT2D eigenvalue weighted by Crippen LogP contribution is 2.67. The summed E-state index contributed by atoms with van der Waals surface area (Å²) in [6.45, 7) is 5.37. The van der Waals surface area contributed by atoms with E-state index in [0.717, 1.165) is 30.6 Å². The van der Waals surface area contributed by atoms with E-state index in [-0.39, 0.29) is 18.2 Å². The monoisotopic (exact) mass is 262 g/mol. The molecular formula is C16H22O3. The van der Waals surface area contributed by atoms with E-state index in [1.54, 1.807) is 6.92 Å². The Bertz CT molecular complexity index is 443. The van der Waals surface area contributed by atoms with Crippen LogP contribution in [0.4, 0.5) is 0 Å². The second-order valence-corrected chi connectivity index (χ2v) is 7.24. The number of carbonyl (C=O) groups is 1. The van der Waals surface area contributed by atoms with Gasteiger partial charge < -0.3 is 9.84 Å². The van der Waals surface area contributed by atoms with Crippen LogP contribution in [0.3, 0.4) is 0 Å². The quantitative estimate of drug-likeness (QED) is 0.471. The molecule has 0 heterocycles. The number of hydrogen-bond donors (Lipinski definition) is 1. The van der Waals surface area contributed by atoms with Crippen LogP contribution < -0.4 is 0 Å². The van der Waals surface area contributed by atoms with Crippen LogP contribution in [-0.2, 0) is 9.53 Å². The Kier molecular flexibility index (Phi) is 2.42. The summed E-state index contributed by atoms with van der Waals surface area (Å²) in [4.78, 5) is 11.7. The molecule has 4 rings (SSSR count). The van der Waals surface area contributed by atoms with E-state index in [1.807, 2.05) is 0 Å². The third-order valence-electron chi connectivity index (χ3n) is 6.33. The topological polar surface area (TPSA) is 46.5 Å². The van der Waals surface area contributed by atoms with Crippen molar-refractivity contribution in [2.75, 3.05) is 0 Å². The second-order valence-electron chi connectivity index (χ2n) is 7.24. The Morgan fingerprint density at radius 2 is 1.79 bits per heavy atom. The molecule has 104 valence electrons. The van der Waals surface area contributed by atoms with Crippen molar-refractivity contribution in [2.45, 2.75) is 44.8 Å². The van der Waals surface area contributed by atoms with Crippen molar-refractivity contribution in [3.8, 4) is 0 Å². The number of fused-ring (bicyclic) bond motifs is 9. The lowest BCUT2D eigenvalue weighted by Crippen LogP contribution is -2.41. The first-order valence-electron chi connectivity index (χ1n) is 7.61. The van der Waals surface area contributed by atoms with E-state index < -0.39 is 0 Å². The number of rotatable bonds is 2. The van der Waals surface area contributed by atoms with Gasteiger partial charge in [0.05, 0.1) is 6.10 Å². The maximum absolute atomic E-state index is 11.7. The van der Waals surface area contributed by atoms with Crippen molar-refractivity contribution < 1.29 is 14.6 Å². The molecule has 0 aliphatic heterocycles. The van der Waals surface area contributed by atoms with E-state index in [0.29, 0.717) is 23.3 Å². The smallest absolute Gasteiger partial charge is 0.333 e. The zero-order valence-corrected chi connectivity index (χ0v) is 11.4. The van der Waals surface area contributed by atoms with Gasteiger partial charge in [0, 0.05) is 5.57 Å². The maximum atomic E-state index is 11.7. The van der Waals surface area contributed by atoms with E-state index >= 15 is 0 Å². The fraction of sp³-hybridized carbons (Fsp3) is 0.812. The van der Waals surface area contributed by atoms with Gasteiger partial charge in [-0.1, -0.05) is 6.58 Å². The molecule has 0 aromatic heterocycles. The average molecular weight is 262 g/mol. The third-order valence-corrected chi connectivity index (χ3v) is 6.33. The lowest BCUT2D eigenvalue weighted by Gasteiger charge is -2.39. The summed E-state index contributed by atoms with van der Waals surface area (Å²) >= 11 is 0. The molecule has 8 atom stereocenters. The van der Waals surface area contributed by atoms with E-state index in [1.165, 1.54) is 12.8 Å². The van der Waals surface area contributed by atoms with Crippen LogP contribution in [0.25, 0.3) is 0 Å². The van der Waals surface area contributed by atoms with Crippen LogP contribution >= 0.6 is 0 Å². The number of aliphatic hydroxyl groups excluding tert-OH is 1. The summed E-state index contributed by atoms with van der Waals surface area (Å²) in [7, 11) is 0. The van der Waals surface area contributed by atoms with E-state index in [2.05, 4.69) is 6.58 Å². The Morgan fingerprint density at radius 3 is 2.53 bits per heavy atom. The molecule has 4 fully saturated rings. The van der Waals surface area contributed by atoms with Crippen molar-refractivity contribution >= 4 is 5.97 Å². The summed E-state index contributed by atoms with van der Waals surface area (Å²) < 4.78 is 5.64. The van der Waals surface area contributed by atoms with Crippen LogP contribution in [0.1, 0.15) is 32.6 Å². The zero-order chi connectivity index (χ0) is 13.3. The van der Waals surface area contributed by atoms with Crippen LogP contribution in [0, 0.1) is 35.5 Å². The average Bonchev–Trinajstić information content (AvgIpc) is 3.04. The molecule has 0 amide bonds. The normalized spacial score (nSPS) is 53.4. The summed E-state index contributed by atoms with van der Waals surface area (Å²) in [6.07, 6.45) is 4.48. The third kappa shape index (κ3) is 1.51. The van der Waals surface area contributed by atoms with Gasteiger partial charge in [0.2, 0.25) is 0 Å². The molecule has 3 heteroatoms. The van der Waals surface area contributed by atoms with Gasteiger partial charge in [-0.25, -0.2) is 4.79 Å². The first-order chi connectivity index (χ1) is 9.06. The minimum absolute atomic E-state index is 0.0852. The Morgan fingerprint density at radius 1 is 1.11 bits per heavy atom. The number of hydrogen-bond acceptors (Lipinski definition) is 3. The van der Waals surface area contributed by atoms with Gasteiger partial charge in [0.15, 0.2) is 0 Å². The molecule has 4 aliphatic rings. The minimum atomic E-state index is -0.238. The van der Waals surface area contributed by atoms with Crippen molar-refractivity contribution in [3.05, 3.63) is 12.2 Å². The van der Waals surface area contributed by atoms with Gasteiger partial charge >= 0.3 is 5.97 Å². The van der Waals surface area contributed by atoms with Crippen molar-refractivity contribution in [3.63, 3.8) is 0 Å². The molecule has 0 aromatic carbocycles. The molecule has 3 nitrogen and oxygen atoms in total. The fourth-order valence-corrected chi connectivity index (χ4v) is 5.88. The van der Waals surface area contributed by atoms with Gasteiger partial charge in [-0.15, -0.1) is 0 Å². The van der Waals surface area contributed by atoms with Gasteiger partial charge in [-0.3, -0.25) is 0 Å². The molecule has 4 saturated carbocycles. The van der Waals surface area contributed by atoms with Crippen molar-refractivity contribution in [1.29, 1.82) is 0 Å². The molecule has 0 spiro atoms. The maximum Gasteiger partial charge on any atom is 0.333 e. The van der Waals surface area contributed by atoms with Gasteiger partial charge in [0.1, 0.15) is 6.10 Å². The van der Waals surface area contributed by atoms with Crippen LogP contribution in [0.2, 0.25) is 0 Å². The first-order valence-corrected chi connectivity index (χ1v) is 7.61. The molecule has 4 aliphatic carbocycles. The highest BCUT2D eigenvalue weighted by atomic mass is 16.5. The molecule has 19 heavy (non-hydrogen) atoms. The standard InChI is InChI=1S/C16H22O3/c1-7(2)16(18)19-13-6-9-4-11(13)15-10-3-8(14(9)15)5-12(10)17/h8-15,17H,1,3-6H2,2H3. The first kappa shape index (κ1) is 12.0. The predicted octanol–water partition coefficient (Wildman–Crippen LogP) is 2.15. The molecule has 1 N–H and O–H groups in total. The molecule has 0 saturated heterocycles. The number of carbonyl (C=O) groups excluding carboxylic acids is 1. The fourth-order valence-electron chi connectivity index (χ4n) is 5.88. The molecule has 0 aromatic rings. The molecule has 4 bridgehead atoms. The molecule has 8 unspecified atom stereocenters. The lowest BCUT2D eigenvalue weighted by molar-refractivity contribution is -0.149. The Hall–Kier alpha value is -0.830. The summed E-state index contributed by atoms with van der Waals surface area (Å²) in [6, 6.07) is 0. The second kappa shape index (κ2) is 3.85. The van der Waals surface area contributed by atoms with E-state index in [4.69, 9.17) is 4.74 Å². The summed E-state index contributed by atoms with van der Waals surface area (Å²) in [5.41, 5.74) is 0.493.